The monoisotopic (exact) mass is 411 g/mol. The predicted molar refractivity (Wildman–Crippen MR) is 107 cm³/mol. The summed E-state index contributed by atoms with van der Waals surface area (Å²) in [5.41, 5.74) is 2.45. The molecule has 0 fully saturated rings. The van der Waals surface area contributed by atoms with Crippen LogP contribution in [-0.2, 0) is 11.3 Å². The Morgan fingerprint density at radius 3 is 2.69 bits per heavy atom. The Morgan fingerprint density at radius 1 is 1.14 bits per heavy atom. The summed E-state index contributed by atoms with van der Waals surface area (Å²) in [6.07, 6.45) is 1.29. The number of hydrogen-bond donors (Lipinski definition) is 0. The fraction of sp³-hybridized carbons (Fsp3) is 0.0952. The molecule has 8 heteroatoms. The molecule has 0 saturated carbocycles. The van der Waals surface area contributed by atoms with Gasteiger partial charge in [-0.3, -0.25) is 9.13 Å². The summed E-state index contributed by atoms with van der Waals surface area (Å²) >= 11 is 6.15. The van der Waals surface area contributed by atoms with Crippen molar-refractivity contribution in [2.45, 2.75) is 6.54 Å². The van der Waals surface area contributed by atoms with Crippen LogP contribution in [0.15, 0.2) is 65.6 Å². The first kappa shape index (κ1) is 18.9. The van der Waals surface area contributed by atoms with Crippen molar-refractivity contribution in [1.82, 2.24) is 14.1 Å². The van der Waals surface area contributed by atoms with Crippen molar-refractivity contribution < 1.29 is 13.9 Å². The van der Waals surface area contributed by atoms with E-state index in [-0.39, 0.29) is 12.2 Å². The van der Waals surface area contributed by atoms with Gasteiger partial charge in [-0.05, 0) is 48.0 Å². The average molecular weight is 412 g/mol. The van der Waals surface area contributed by atoms with E-state index in [9.17, 15) is 14.0 Å². The number of halogens is 2. The topological polar surface area (TPSA) is 66.1 Å². The van der Waals surface area contributed by atoms with Crippen LogP contribution in [0.4, 0.5) is 4.39 Å². The van der Waals surface area contributed by atoms with Crippen LogP contribution in [0.1, 0.15) is 15.9 Å². The van der Waals surface area contributed by atoms with Crippen molar-refractivity contribution in [3.8, 4) is 5.69 Å². The number of aromatic nitrogens is 3. The van der Waals surface area contributed by atoms with Gasteiger partial charge in [-0.1, -0.05) is 23.7 Å². The highest BCUT2D eigenvalue weighted by Gasteiger charge is 2.16. The molecule has 0 unspecified atom stereocenters. The van der Waals surface area contributed by atoms with E-state index in [1.165, 1.54) is 30.0 Å². The molecule has 0 aliphatic rings. The van der Waals surface area contributed by atoms with Gasteiger partial charge in [0.2, 0.25) is 5.95 Å². The van der Waals surface area contributed by atoms with Crippen molar-refractivity contribution in [3.05, 3.63) is 93.4 Å². The highest BCUT2D eigenvalue weighted by molar-refractivity contribution is 6.31. The first-order valence-corrected chi connectivity index (χ1v) is 9.05. The molecule has 146 valence electrons. The minimum Gasteiger partial charge on any atom is -0.465 e. The number of benzene rings is 2. The van der Waals surface area contributed by atoms with E-state index in [0.29, 0.717) is 27.3 Å². The molecule has 0 aliphatic carbocycles. The van der Waals surface area contributed by atoms with Crippen LogP contribution in [0, 0.1) is 5.95 Å². The summed E-state index contributed by atoms with van der Waals surface area (Å²) in [5, 5.41) is 0.464. The Balaban J connectivity index is 1.88. The molecule has 2 aromatic carbocycles. The van der Waals surface area contributed by atoms with Gasteiger partial charge in [0.15, 0.2) is 0 Å². The number of methoxy groups -OCH3 is 1. The molecular formula is C21H15ClFN3O3. The smallest absolute Gasteiger partial charge is 0.337 e. The molecule has 0 amide bonds. The van der Waals surface area contributed by atoms with Gasteiger partial charge in [0, 0.05) is 5.02 Å². The second-order valence-electron chi connectivity index (χ2n) is 6.37. The van der Waals surface area contributed by atoms with Crippen molar-refractivity contribution in [1.29, 1.82) is 0 Å². The quantitative estimate of drug-likeness (QED) is 0.378. The molecule has 2 heterocycles. The van der Waals surface area contributed by atoms with Gasteiger partial charge in [0.05, 0.1) is 42.1 Å². The Morgan fingerprint density at radius 2 is 1.97 bits per heavy atom. The highest BCUT2D eigenvalue weighted by Crippen LogP contribution is 2.22. The molecule has 0 spiro atoms. The van der Waals surface area contributed by atoms with Gasteiger partial charge < -0.3 is 4.74 Å². The molecule has 0 saturated heterocycles. The van der Waals surface area contributed by atoms with Crippen LogP contribution >= 0.6 is 11.6 Å². The largest absolute Gasteiger partial charge is 0.465 e. The summed E-state index contributed by atoms with van der Waals surface area (Å²) in [7, 11) is 1.31. The lowest BCUT2D eigenvalue weighted by Crippen LogP contribution is -2.24. The lowest BCUT2D eigenvalue weighted by molar-refractivity contribution is 0.0600. The third kappa shape index (κ3) is 3.52. The molecule has 0 aliphatic heterocycles. The van der Waals surface area contributed by atoms with Crippen molar-refractivity contribution in [2.75, 3.05) is 7.11 Å². The number of imidazole rings is 1. The number of carbonyl (C=O) groups is 1. The van der Waals surface area contributed by atoms with Gasteiger partial charge in [-0.25, -0.2) is 14.6 Å². The van der Waals surface area contributed by atoms with Crippen LogP contribution in [-0.4, -0.2) is 27.2 Å². The van der Waals surface area contributed by atoms with Gasteiger partial charge in [0.1, 0.15) is 0 Å². The van der Waals surface area contributed by atoms with Crippen LogP contribution in [0.3, 0.4) is 0 Å². The molecule has 0 bridgehead atoms. The Labute approximate surface area is 169 Å². The highest BCUT2D eigenvalue weighted by atomic mass is 35.5. The zero-order valence-corrected chi connectivity index (χ0v) is 16.1. The summed E-state index contributed by atoms with van der Waals surface area (Å²) in [6.45, 7) is 0.226. The van der Waals surface area contributed by atoms with E-state index in [1.807, 2.05) is 6.07 Å². The second kappa shape index (κ2) is 7.52. The van der Waals surface area contributed by atoms with Gasteiger partial charge in [-0.15, -0.1) is 0 Å². The minimum atomic E-state index is -0.636. The fourth-order valence-electron chi connectivity index (χ4n) is 3.23. The Bertz CT molecular complexity index is 1280. The maximum absolute atomic E-state index is 13.2. The average Bonchev–Trinajstić information content (AvgIpc) is 2.99. The molecule has 29 heavy (non-hydrogen) atoms. The van der Waals surface area contributed by atoms with Gasteiger partial charge in [-0.2, -0.15) is 4.39 Å². The predicted octanol–water partition coefficient (Wildman–Crippen LogP) is 3.81. The normalized spacial score (nSPS) is 11.0. The lowest BCUT2D eigenvalue weighted by atomic mass is 10.1. The van der Waals surface area contributed by atoms with E-state index in [0.717, 1.165) is 5.56 Å². The first-order chi connectivity index (χ1) is 14.0. The first-order valence-electron chi connectivity index (χ1n) is 8.68. The lowest BCUT2D eigenvalue weighted by Gasteiger charge is -2.06. The number of carbonyl (C=O) groups excluding carboxylic acids is 1. The Hall–Kier alpha value is -3.45. The van der Waals surface area contributed by atoms with E-state index >= 15 is 0 Å². The number of ether oxygens (including phenoxy) is 1. The molecule has 0 atom stereocenters. The van der Waals surface area contributed by atoms with E-state index in [4.69, 9.17) is 16.3 Å². The summed E-state index contributed by atoms with van der Waals surface area (Å²) < 4.78 is 21.0. The van der Waals surface area contributed by atoms with Crippen LogP contribution < -0.4 is 5.69 Å². The third-order valence-corrected chi connectivity index (χ3v) is 4.79. The van der Waals surface area contributed by atoms with E-state index < -0.39 is 11.9 Å². The maximum atomic E-state index is 13.2. The number of hydrogen-bond acceptors (Lipinski definition) is 4. The standard InChI is InChI=1S/C21H15ClFN3O3/c1-29-20(27)14-4-2-3-13(9-14)12-25-17-7-5-15(22)10-18(17)26(21(25)28)16-6-8-19(23)24-11-16/h2-11H,12H2,1H3. The van der Waals surface area contributed by atoms with Crippen LogP contribution in [0.25, 0.3) is 16.7 Å². The molecule has 4 rings (SSSR count). The summed E-state index contributed by atoms with van der Waals surface area (Å²) in [6, 6.07) is 14.6. The number of esters is 1. The molecule has 0 N–H and O–H groups in total. The number of nitrogens with zero attached hydrogens (tertiary/aromatic N) is 3. The molecule has 0 radical (unpaired) electrons. The van der Waals surface area contributed by atoms with E-state index in [1.54, 1.807) is 41.0 Å². The van der Waals surface area contributed by atoms with Gasteiger partial charge in [0.25, 0.3) is 0 Å². The fourth-order valence-corrected chi connectivity index (χ4v) is 3.40. The van der Waals surface area contributed by atoms with Crippen molar-refractivity contribution in [2.24, 2.45) is 0 Å². The minimum absolute atomic E-state index is 0.226. The summed E-state index contributed by atoms with van der Waals surface area (Å²) in [5.74, 6) is -1.09. The molecule has 6 nitrogen and oxygen atoms in total. The number of rotatable bonds is 4. The van der Waals surface area contributed by atoms with Crippen molar-refractivity contribution in [3.63, 3.8) is 0 Å². The molecular weight excluding hydrogens is 397 g/mol. The van der Waals surface area contributed by atoms with Crippen LogP contribution in [0.2, 0.25) is 5.02 Å². The van der Waals surface area contributed by atoms with Crippen LogP contribution in [0.5, 0.6) is 0 Å². The Kier molecular flexibility index (Phi) is 4.90. The van der Waals surface area contributed by atoms with Gasteiger partial charge >= 0.3 is 11.7 Å². The maximum Gasteiger partial charge on any atom is 0.337 e. The molecule has 4 aromatic rings. The molecule has 2 aromatic heterocycles. The SMILES string of the molecule is COC(=O)c1cccc(Cn2c(=O)n(-c3ccc(F)nc3)c3cc(Cl)ccc32)c1. The zero-order chi connectivity index (χ0) is 20.5. The zero-order valence-electron chi connectivity index (χ0n) is 15.3. The number of fused-ring (bicyclic) bond motifs is 1. The second-order valence-corrected chi connectivity index (χ2v) is 6.80. The van der Waals surface area contributed by atoms with E-state index in [2.05, 4.69) is 4.98 Å². The third-order valence-electron chi connectivity index (χ3n) is 4.55. The summed E-state index contributed by atoms with van der Waals surface area (Å²) in [4.78, 5) is 28.7. The number of pyridine rings is 1. The van der Waals surface area contributed by atoms with Crippen molar-refractivity contribution >= 4 is 28.6 Å².